The number of carbonyl (C=O) groups is 1. The van der Waals surface area contributed by atoms with Gasteiger partial charge in [0.15, 0.2) is 6.23 Å². The summed E-state index contributed by atoms with van der Waals surface area (Å²) >= 11 is 0. The Kier molecular flexibility index (Phi) is 12.4. The number of aromatic nitrogens is 2. The first-order valence-electron chi connectivity index (χ1n) is 13.4. The number of nitrogens with one attached hydrogen (secondary N) is 1. The minimum absolute atomic E-state index is 0.111. The van der Waals surface area contributed by atoms with Gasteiger partial charge in [-0.3, -0.25) is 18.5 Å². The van der Waals surface area contributed by atoms with Gasteiger partial charge in [0, 0.05) is 19.5 Å². The molecule has 0 aromatic carbocycles. The Labute approximate surface area is 254 Å². The zero-order chi connectivity index (χ0) is 33.9. The lowest BCUT2D eigenvalue weighted by atomic mass is 9.82. The van der Waals surface area contributed by atoms with E-state index in [1.165, 1.54) is 6.07 Å². The number of amides is 1. The van der Waals surface area contributed by atoms with Crippen LogP contribution in [0.25, 0.3) is 0 Å². The average Bonchev–Trinajstić information content (AvgIpc) is 3.22. The summed E-state index contributed by atoms with van der Waals surface area (Å²) in [4.78, 5) is 56.5. The van der Waals surface area contributed by atoms with Crippen LogP contribution < -0.4 is 16.7 Å². The molecule has 0 bridgehead atoms. The summed E-state index contributed by atoms with van der Waals surface area (Å²) in [6, 6.07) is -0.165. The maximum atomic E-state index is 13.0. The molecule has 1 amide bonds. The van der Waals surface area contributed by atoms with E-state index >= 15 is 0 Å². The Morgan fingerprint density at radius 2 is 1.89 bits per heavy atom. The van der Waals surface area contributed by atoms with E-state index < -0.39 is 126 Å². The van der Waals surface area contributed by atoms with Gasteiger partial charge in [0.25, 0.3) is 0 Å². The molecule has 2 aliphatic heterocycles. The van der Waals surface area contributed by atoms with Crippen LogP contribution >= 0.6 is 15.4 Å². The van der Waals surface area contributed by atoms with E-state index in [-0.39, 0.29) is 5.82 Å². The highest BCUT2D eigenvalue weighted by atomic mass is 31.2. The molecule has 1 unspecified atom stereocenters. The number of ether oxygens (including phenoxy) is 2. The molecular formula is C22H38N4O17P2. The van der Waals surface area contributed by atoms with Gasteiger partial charge in [-0.1, -0.05) is 0 Å². The van der Waals surface area contributed by atoms with Crippen LogP contribution in [0.4, 0.5) is 5.82 Å². The van der Waals surface area contributed by atoms with Crippen molar-refractivity contribution in [2.24, 2.45) is 0 Å². The van der Waals surface area contributed by atoms with Crippen molar-refractivity contribution in [1.29, 1.82) is 0 Å². The molecule has 3 rings (SSSR count). The maximum Gasteiger partial charge on any atom is 0.469 e. The number of nitrogens with two attached hydrogens (primary N) is 1. The Morgan fingerprint density at radius 1 is 1.22 bits per heavy atom. The number of carbonyl (C=O) groups excluding carboxylic acids is 1. The van der Waals surface area contributed by atoms with Crippen molar-refractivity contribution in [3.8, 4) is 0 Å². The molecular weight excluding hydrogens is 654 g/mol. The molecule has 1 aromatic heterocycles. The molecule has 0 spiro atoms. The molecule has 0 aliphatic carbocycles. The largest absolute Gasteiger partial charge is 0.469 e. The first kappa shape index (κ1) is 37.5. The van der Waals surface area contributed by atoms with Gasteiger partial charge in [0.05, 0.1) is 43.7 Å². The summed E-state index contributed by atoms with van der Waals surface area (Å²) < 4.78 is 46.3. The van der Waals surface area contributed by atoms with Gasteiger partial charge in [-0.25, -0.2) is 9.36 Å². The summed E-state index contributed by atoms with van der Waals surface area (Å²) in [5.41, 5.74) is 2.50. The van der Waals surface area contributed by atoms with Gasteiger partial charge < -0.3 is 70.4 Å². The molecule has 258 valence electrons. The first-order chi connectivity index (χ1) is 20.8. The highest BCUT2D eigenvalue weighted by Gasteiger charge is 2.52. The summed E-state index contributed by atoms with van der Waals surface area (Å²) in [7, 11) is -9.89. The molecule has 2 aliphatic rings. The number of rotatable bonds is 14. The molecule has 0 saturated carbocycles. The number of nitrogens with zero attached hydrogens (tertiary/aromatic N) is 2. The van der Waals surface area contributed by atoms with E-state index in [2.05, 4.69) is 14.8 Å². The van der Waals surface area contributed by atoms with E-state index in [4.69, 9.17) is 19.7 Å². The smallest absolute Gasteiger partial charge is 0.394 e. The monoisotopic (exact) mass is 692 g/mol. The molecule has 1 aromatic rings. The second kappa shape index (κ2) is 14.9. The van der Waals surface area contributed by atoms with Crippen LogP contribution in [-0.4, -0.2) is 141 Å². The third kappa shape index (κ3) is 9.80. The zero-order valence-corrected chi connectivity index (χ0v) is 25.5. The van der Waals surface area contributed by atoms with Crippen LogP contribution in [0.3, 0.4) is 0 Å². The minimum Gasteiger partial charge on any atom is -0.394 e. The maximum absolute atomic E-state index is 13.0. The summed E-state index contributed by atoms with van der Waals surface area (Å²) in [6.45, 7) is -1.70. The Hall–Kier alpha value is -1.91. The number of hydrogen-bond acceptors (Lipinski definition) is 16. The Morgan fingerprint density at radius 3 is 2.47 bits per heavy atom. The lowest BCUT2D eigenvalue weighted by Gasteiger charge is -2.49. The van der Waals surface area contributed by atoms with Crippen molar-refractivity contribution in [2.75, 3.05) is 31.7 Å². The normalized spacial score (nSPS) is 33.3. The van der Waals surface area contributed by atoms with E-state index in [1.807, 2.05) is 0 Å². The lowest BCUT2D eigenvalue weighted by Crippen LogP contribution is -2.66. The Bertz CT molecular complexity index is 1330. The standard InChI is InChI=1S/C22H38N4O17P2/c1-10(28)24-15-11(29)6-22(9-41-45(37,38)39,43-19(15)16(31)12(30)7-27)3-5-44(35,36)40-8-13-17(32)18(33)20(42-13)26-4-2-14(23)25-21(26)34/h2,4,11-13,15-20,27,29-33H,3,5-9H2,1H3,(H,24,28)(H,35,36)(H2,23,25,34)(H2,37,38,39)/t11-,12+,13+,15+,16+,17+,18+,19+,20+,22-/m0/s1. The van der Waals surface area contributed by atoms with Gasteiger partial charge in [-0.2, -0.15) is 4.98 Å². The van der Waals surface area contributed by atoms with Crippen LogP contribution in [0.5, 0.6) is 0 Å². The van der Waals surface area contributed by atoms with Crippen molar-refractivity contribution in [1.82, 2.24) is 14.9 Å². The summed E-state index contributed by atoms with van der Waals surface area (Å²) in [5, 5.41) is 63.9. The van der Waals surface area contributed by atoms with Crippen LogP contribution in [0.1, 0.15) is 26.0 Å². The van der Waals surface area contributed by atoms with Gasteiger partial charge in [-0.15, -0.1) is 0 Å². The van der Waals surface area contributed by atoms with Gasteiger partial charge in [0.1, 0.15) is 42.4 Å². The predicted molar refractivity (Wildman–Crippen MR) is 147 cm³/mol. The van der Waals surface area contributed by atoms with Crippen molar-refractivity contribution in [3.63, 3.8) is 0 Å². The van der Waals surface area contributed by atoms with Crippen LogP contribution in [0.15, 0.2) is 17.1 Å². The lowest BCUT2D eigenvalue weighted by molar-refractivity contribution is -0.231. The fourth-order valence-corrected chi connectivity index (χ4v) is 6.61. The molecule has 11 atom stereocenters. The Balaban J connectivity index is 1.77. The fourth-order valence-electron chi connectivity index (χ4n) is 5.00. The third-order valence-electron chi connectivity index (χ3n) is 7.27. The number of phosphoric ester groups is 1. The second-order valence-electron chi connectivity index (χ2n) is 10.8. The van der Waals surface area contributed by atoms with E-state index in [0.29, 0.717) is 0 Å². The topological polar surface area (TPSA) is 343 Å². The molecule has 0 radical (unpaired) electrons. The molecule has 21 nitrogen and oxygen atoms in total. The van der Waals surface area contributed by atoms with Crippen molar-refractivity contribution < 1.29 is 77.8 Å². The van der Waals surface area contributed by atoms with Gasteiger partial charge in [-0.05, 0) is 12.5 Å². The van der Waals surface area contributed by atoms with Crippen LogP contribution in [0.2, 0.25) is 0 Å². The quantitative estimate of drug-likeness (QED) is 0.0815. The highest BCUT2D eigenvalue weighted by molar-refractivity contribution is 7.52. The number of phosphoric acid groups is 1. The molecule has 3 heterocycles. The summed E-state index contributed by atoms with van der Waals surface area (Å²) in [5.74, 6) is -0.799. The predicted octanol–water partition coefficient (Wildman–Crippen LogP) is -4.75. The SMILES string of the molecule is CC(=O)N[C@H]1[C@H]([C@H](O)[C@H](O)CO)O[C@](CCP(=O)(O)OC[C@H]2O[C@@H](n3ccc(N)nc3=O)[C@H](O)[C@@H]2O)(COP(=O)(O)O)C[C@@H]1O. The van der Waals surface area contributed by atoms with E-state index in [9.17, 15) is 64.0 Å². The molecule has 12 N–H and O–H groups in total. The second-order valence-corrected chi connectivity index (χ2v) is 14.0. The number of hydrogen-bond donors (Lipinski definition) is 11. The van der Waals surface area contributed by atoms with Crippen LogP contribution in [0, 0.1) is 0 Å². The summed E-state index contributed by atoms with van der Waals surface area (Å²) in [6.07, 6.45) is -14.3. The van der Waals surface area contributed by atoms with E-state index in [0.717, 1.165) is 17.7 Å². The van der Waals surface area contributed by atoms with E-state index in [1.54, 1.807) is 0 Å². The minimum atomic E-state index is -5.19. The molecule has 2 saturated heterocycles. The molecule has 2 fully saturated rings. The van der Waals surface area contributed by atoms with Crippen molar-refractivity contribution in [2.45, 2.75) is 80.4 Å². The van der Waals surface area contributed by atoms with Crippen LogP contribution in [-0.2, 0) is 32.4 Å². The third-order valence-corrected chi connectivity index (χ3v) is 9.08. The van der Waals surface area contributed by atoms with Gasteiger partial charge >= 0.3 is 21.1 Å². The van der Waals surface area contributed by atoms with Gasteiger partial charge in [0.2, 0.25) is 5.91 Å². The fraction of sp³-hybridized carbons (Fsp3) is 0.773. The number of aliphatic hydroxyl groups is 6. The number of anilines is 1. The number of nitrogen functional groups attached to an aromatic ring is 1. The first-order valence-corrected chi connectivity index (χ1v) is 16.7. The zero-order valence-electron chi connectivity index (χ0n) is 23.8. The highest BCUT2D eigenvalue weighted by Crippen LogP contribution is 2.48. The molecule has 23 heteroatoms. The number of aliphatic hydroxyl groups excluding tert-OH is 6. The average molecular weight is 693 g/mol. The van der Waals surface area contributed by atoms with Crippen molar-refractivity contribution in [3.05, 3.63) is 22.7 Å². The molecule has 45 heavy (non-hydrogen) atoms. The van der Waals surface area contributed by atoms with Crippen molar-refractivity contribution >= 4 is 27.1 Å².